The molecule has 3 N–H and O–H groups in total. The van der Waals surface area contributed by atoms with Gasteiger partial charge in [-0.2, -0.15) is 17.9 Å². The monoisotopic (exact) mass is 538 g/mol. The van der Waals surface area contributed by atoms with Gasteiger partial charge in [0.1, 0.15) is 11.5 Å². The highest BCUT2D eigenvalue weighted by Gasteiger charge is 2.40. The number of benzene rings is 2. The van der Waals surface area contributed by atoms with Crippen molar-refractivity contribution < 1.29 is 22.7 Å². The number of rotatable bonds is 11. The number of nitrogens with one attached hydrogen (secondary N) is 3. The molecule has 1 amide bonds. The van der Waals surface area contributed by atoms with Gasteiger partial charge < -0.3 is 14.8 Å². The summed E-state index contributed by atoms with van der Waals surface area (Å²) in [4.78, 5) is 17.3. The van der Waals surface area contributed by atoms with E-state index in [-0.39, 0.29) is 18.5 Å². The molecule has 0 aliphatic heterocycles. The summed E-state index contributed by atoms with van der Waals surface area (Å²) in [7, 11) is -0.542. The van der Waals surface area contributed by atoms with Gasteiger partial charge in [-0.1, -0.05) is 36.4 Å². The third kappa shape index (κ3) is 6.69. The number of hydrogen-bond donors (Lipinski definition) is 3. The standard InChI is InChI=1S/C28H34N4O5S/c1-36-25-12-5-3-10-23(25)27(33)30-20-28(24-11-4-6-13-26(24)37-2)16-14-21(15-17-28)32-38(34,35)31-19-22-9-7-8-18-29-22/h3-13,18,21,31-32H,14-17,19-20H2,1-2H3,(H,30,33). The lowest BCUT2D eigenvalue weighted by Gasteiger charge is -2.41. The highest BCUT2D eigenvalue weighted by atomic mass is 32.2. The Bertz CT molecular complexity index is 1330. The van der Waals surface area contributed by atoms with E-state index < -0.39 is 15.6 Å². The molecular weight excluding hydrogens is 504 g/mol. The third-order valence-corrected chi connectivity index (χ3v) is 8.22. The normalized spacial score (nSPS) is 19.5. The van der Waals surface area contributed by atoms with Crippen molar-refractivity contribution in [3.8, 4) is 11.5 Å². The molecule has 1 aliphatic carbocycles. The lowest BCUT2D eigenvalue weighted by Crippen LogP contribution is -2.49. The number of methoxy groups -OCH3 is 2. The zero-order chi connectivity index (χ0) is 27.0. The maximum atomic E-state index is 13.1. The SMILES string of the molecule is COc1ccccc1C(=O)NCC1(c2ccccc2OC)CCC(NS(=O)(=O)NCc2ccccn2)CC1. The minimum absolute atomic E-state index is 0.114. The van der Waals surface area contributed by atoms with Crippen LogP contribution < -0.4 is 24.2 Å². The lowest BCUT2D eigenvalue weighted by molar-refractivity contribution is 0.0931. The van der Waals surface area contributed by atoms with Gasteiger partial charge in [0.25, 0.3) is 16.1 Å². The van der Waals surface area contributed by atoms with Gasteiger partial charge in [0.15, 0.2) is 0 Å². The van der Waals surface area contributed by atoms with Gasteiger partial charge in [-0.05, 0) is 56.0 Å². The Kier molecular flexibility index (Phi) is 8.98. The third-order valence-electron chi connectivity index (χ3n) is 7.05. The van der Waals surface area contributed by atoms with Crippen LogP contribution in [0, 0.1) is 0 Å². The molecule has 202 valence electrons. The van der Waals surface area contributed by atoms with Crippen LogP contribution in [0.15, 0.2) is 72.9 Å². The Morgan fingerprint density at radius 3 is 2.29 bits per heavy atom. The van der Waals surface area contributed by atoms with E-state index in [0.29, 0.717) is 49.2 Å². The van der Waals surface area contributed by atoms with E-state index in [1.54, 1.807) is 43.6 Å². The largest absolute Gasteiger partial charge is 0.496 e. The first-order valence-corrected chi connectivity index (χ1v) is 14.1. The number of ether oxygens (including phenoxy) is 2. The number of aromatic nitrogens is 1. The van der Waals surface area contributed by atoms with E-state index >= 15 is 0 Å². The molecule has 9 nitrogen and oxygen atoms in total. The summed E-state index contributed by atoms with van der Waals surface area (Å²) < 4.78 is 41.8. The Hall–Kier alpha value is -3.47. The predicted molar refractivity (Wildman–Crippen MR) is 145 cm³/mol. The number of para-hydroxylation sites is 2. The highest BCUT2D eigenvalue weighted by Crippen LogP contribution is 2.43. The fourth-order valence-electron chi connectivity index (χ4n) is 5.02. The van der Waals surface area contributed by atoms with Crippen LogP contribution in [0.3, 0.4) is 0 Å². The summed E-state index contributed by atoms with van der Waals surface area (Å²) >= 11 is 0. The van der Waals surface area contributed by atoms with Crippen molar-refractivity contribution in [3.63, 3.8) is 0 Å². The smallest absolute Gasteiger partial charge is 0.277 e. The molecule has 1 aromatic heterocycles. The van der Waals surface area contributed by atoms with Gasteiger partial charge in [0.05, 0.1) is 32.0 Å². The van der Waals surface area contributed by atoms with Crippen LogP contribution in [-0.2, 0) is 22.2 Å². The molecule has 0 saturated heterocycles. The van der Waals surface area contributed by atoms with Gasteiger partial charge in [-0.25, -0.2) is 0 Å². The van der Waals surface area contributed by atoms with E-state index in [0.717, 1.165) is 11.3 Å². The summed E-state index contributed by atoms with van der Waals surface area (Å²) in [5.74, 6) is 1.03. The molecule has 1 fully saturated rings. The van der Waals surface area contributed by atoms with Crippen molar-refractivity contribution in [3.05, 3.63) is 89.7 Å². The number of hydrogen-bond acceptors (Lipinski definition) is 6. The van der Waals surface area contributed by atoms with Crippen molar-refractivity contribution in [1.82, 2.24) is 19.7 Å². The molecule has 0 atom stereocenters. The number of nitrogens with zero attached hydrogens (tertiary/aromatic N) is 1. The zero-order valence-corrected chi connectivity index (χ0v) is 22.5. The van der Waals surface area contributed by atoms with Gasteiger partial charge in [-0.3, -0.25) is 9.78 Å². The Balaban J connectivity index is 1.47. The fourth-order valence-corrected chi connectivity index (χ4v) is 6.12. The van der Waals surface area contributed by atoms with Gasteiger partial charge in [0.2, 0.25) is 0 Å². The van der Waals surface area contributed by atoms with Crippen LogP contribution in [0.2, 0.25) is 0 Å². The molecule has 3 aromatic rings. The first kappa shape index (κ1) is 27.6. The van der Waals surface area contributed by atoms with Crippen molar-refractivity contribution in [1.29, 1.82) is 0 Å². The molecule has 1 aliphatic rings. The molecule has 0 bridgehead atoms. The highest BCUT2D eigenvalue weighted by molar-refractivity contribution is 7.87. The van der Waals surface area contributed by atoms with E-state index in [4.69, 9.17) is 9.47 Å². The topological polar surface area (TPSA) is 119 Å². The van der Waals surface area contributed by atoms with Crippen molar-refractivity contribution in [2.75, 3.05) is 20.8 Å². The maximum Gasteiger partial charge on any atom is 0.277 e. The maximum absolute atomic E-state index is 13.1. The average Bonchev–Trinajstić information content (AvgIpc) is 2.96. The summed E-state index contributed by atoms with van der Waals surface area (Å²) in [6, 6.07) is 20.0. The van der Waals surface area contributed by atoms with Gasteiger partial charge in [0, 0.05) is 29.8 Å². The first-order chi connectivity index (χ1) is 18.4. The van der Waals surface area contributed by atoms with Crippen molar-refractivity contribution >= 4 is 16.1 Å². The molecule has 38 heavy (non-hydrogen) atoms. The van der Waals surface area contributed by atoms with E-state index in [9.17, 15) is 13.2 Å². The Morgan fingerprint density at radius 1 is 0.947 bits per heavy atom. The van der Waals surface area contributed by atoms with Crippen LogP contribution in [0.25, 0.3) is 0 Å². The molecule has 4 rings (SSSR count). The second kappa shape index (κ2) is 12.4. The number of pyridine rings is 1. The van der Waals surface area contributed by atoms with E-state index in [2.05, 4.69) is 19.7 Å². The average molecular weight is 539 g/mol. The fraction of sp³-hybridized carbons (Fsp3) is 0.357. The van der Waals surface area contributed by atoms with Crippen LogP contribution in [-0.4, -0.2) is 46.1 Å². The Labute approximate surface area is 224 Å². The molecule has 10 heteroatoms. The summed E-state index contributed by atoms with van der Waals surface area (Å²) in [6.45, 7) is 0.491. The summed E-state index contributed by atoms with van der Waals surface area (Å²) in [5, 5.41) is 3.10. The zero-order valence-electron chi connectivity index (χ0n) is 21.6. The Morgan fingerprint density at radius 2 is 1.61 bits per heavy atom. The molecule has 0 unspecified atom stereocenters. The van der Waals surface area contributed by atoms with Gasteiger partial charge in [-0.15, -0.1) is 0 Å². The lowest BCUT2D eigenvalue weighted by atomic mass is 9.68. The predicted octanol–water partition coefficient (Wildman–Crippen LogP) is 3.33. The van der Waals surface area contributed by atoms with Crippen molar-refractivity contribution in [2.24, 2.45) is 0 Å². The van der Waals surface area contributed by atoms with E-state index in [1.807, 2.05) is 36.4 Å². The minimum atomic E-state index is -3.71. The molecule has 1 saturated carbocycles. The van der Waals surface area contributed by atoms with E-state index in [1.165, 1.54) is 7.11 Å². The van der Waals surface area contributed by atoms with Crippen LogP contribution >= 0.6 is 0 Å². The second-order valence-electron chi connectivity index (χ2n) is 9.40. The molecular formula is C28H34N4O5S. The molecule has 0 radical (unpaired) electrons. The summed E-state index contributed by atoms with van der Waals surface area (Å²) in [6.07, 6.45) is 4.16. The first-order valence-electron chi connectivity index (χ1n) is 12.6. The molecule has 2 aromatic carbocycles. The quantitative estimate of drug-likeness (QED) is 0.345. The number of amides is 1. The van der Waals surface area contributed by atoms with Gasteiger partial charge >= 0.3 is 0 Å². The molecule has 0 spiro atoms. The number of carbonyl (C=O) groups is 1. The summed E-state index contributed by atoms with van der Waals surface area (Å²) in [5.41, 5.74) is 1.68. The van der Waals surface area contributed by atoms with Crippen molar-refractivity contribution in [2.45, 2.75) is 43.7 Å². The van der Waals surface area contributed by atoms with Crippen LogP contribution in [0.4, 0.5) is 0 Å². The molecule has 1 heterocycles. The van der Waals surface area contributed by atoms with Crippen LogP contribution in [0.1, 0.15) is 47.3 Å². The minimum Gasteiger partial charge on any atom is -0.496 e. The number of carbonyl (C=O) groups excluding carboxylic acids is 1. The second-order valence-corrected chi connectivity index (χ2v) is 10.9. The van der Waals surface area contributed by atoms with Crippen LogP contribution in [0.5, 0.6) is 11.5 Å².